The van der Waals surface area contributed by atoms with Crippen LogP contribution in [0.1, 0.15) is 5.82 Å². The van der Waals surface area contributed by atoms with Gasteiger partial charge in [-0.25, -0.2) is 9.37 Å². The Labute approximate surface area is 111 Å². The Morgan fingerprint density at radius 1 is 1.47 bits per heavy atom. The van der Waals surface area contributed by atoms with Gasteiger partial charge in [0.05, 0.1) is 6.20 Å². The highest BCUT2D eigenvalue weighted by Gasteiger charge is 2.06. The standard InChI is InChI=1S/C11H9BrClFN2O/c1-16-10(13)5-15-11(16)6-17-9-3-7(12)2-8(14)4-9/h2-5H,6H2,1H3. The van der Waals surface area contributed by atoms with Gasteiger partial charge in [-0.15, -0.1) is 0 Å². The van der Waals surface area contributed by atoms with E-state index in [2.05, 4.69) is 20.9 Å². The quantitative estimate of drug-likeness (QED) is 0.865. The highest BCUT2D eigenvalue weighted by atomic mass is 79.9. The molecule has 1 aromatic heterocycles. The van der Waals surface area contributed by atoms with E-state index >= 15 is 0 Å². The maximum absolute atomic E-state index is 13.1. The van der Waals surface area contributed by atoms with Gasteiger partial charge in [0.25, 0.3) is 0 Å². The number of benzene rings is 1. The fourth-order valence-corrected chi connectivity index (χ4v) is 1.91. The van der Waals surface area contributed by atoms with E-state index in [-0.39, 0.29) is 12.4 Å². The molecule has 0 aliphatic carbocycles. The molecule has 6 heteroatoms. The van der Waals surface area contributed by atoms with E-state index < -0.39 is 0 Å². The summed E-state index contributed by atoms with van der Waals surface area (Å²) in [7, 11) is 1.79. The van der Waals surface area contributed by atoms with E-state index in [1.54, 1.807) is 23.9 Å². The Bertz CT molecular complexity index is 524. The zero-order chi connectivity index (χ0) is 12.4. The lowest BCUT2D eigenvalue weighted by Gasteiger charge is -2.07. The summed E-state index contributed by atoms with van der Waals surface area (Å²) in [6.07, 6.45) is 1.54. The number of halogens is 3. The smallest absolute Gasteiger partial charge is 0.147 e. The first-order valence-electron chi connectivity index (χ1n) is 4.81. The molecule has 0 aliphatic heterocycles. The number of nitrogens with zero attached hydrogens (tertiary/aromatic N) is 2. The molecule has 0 spiro atoms. The molecule has 17 heavy (non-hydrogen) atoms. The van der Waals surface area contributed by atoms with E-state index in [0.29, 0.717) is 21.2 Å². The highest BCUT2D eigenvalue weighted by molar-refractivity contribution is 9.10. The maximum atomic E-state index is 13.1. The molecule has 0 saturated carbocycles. The average Bonchev–Trinajstić information content (AvgIpc) is 2.56. The maximum Gasteiger partial charge on any atom is 0.147 e. The topological polar surface area (TPSA) is 27.1 Å². The van der Waals surface area contributed by atoms with Gasteiger partial charge in [0.1, 0.15) is 29.2 Å². The van der Waals surface area contributed by atoms with Gasteiger partial charge in [0.15, 0.2) is 0 Å². The number of imidazole rings is 1. The monoisotopic (exact) mass is 318 g/mol. The second-order valence-corrected chi connectivity index (χ2v) is 4.75. The van der Waals surface area contributed by atoms with Gasteiger partial charge in [0, 0.05) is 17.6 Å². The van der Waals surface area contributed by atoms with Crippen molar-refractivity contribution in [3.63, 3.8) is 0 Å². The molecule has 0 aliphatic rings. The fourth-order valence-electron chi connectivity index (χ4n) is 1.32. The molecule has 1 aromatic carbocycles. The highest BCUT2D eigenvalue weighted by Crippen LogP contribution is 2.21. The Morgan fingerprint density at radius 2 is 2.24 bits per heavy atom. The molecular weight excluding hydrogens is 310 g/mol. The van der Waals surface area contributed by atoms with Crippen molar-refractivity contribution < 1.29 is 9.13 Å². The minimum Gasteiger partial charge on any atom is -0.486 e. The van der Waals surface area contributed by atoms with Crippen LogP contribution in [0.3, 0.4) is 0 Å². The van der Waals surface area contributed by atoms with Crippen LogP contribution < -0.4 is 4.74 Å². The first kappa shape index (κ1) is 12.4. The van der Waals surface area contributed by atoms with Crippen LogP contribution in [0.15, 0.2) is 28.9 Å². The minimum atomic E-state index is -0.354. The largest absolute Gasteiger partial charge is 0.486 e. The van der Waals surface area contributed by atoms with E-state index in [1.165, 1.54) is 12.1 Å². The molecular formula is C11H9BrClFN2O. The lowest BCUT2D eigenvalue weighted by Crippen LogP contribution is -2.03. The van der Waals surface area contributed by atoms with Crippen LogP contribution in [0, 0.1) is 5.82 Å². The molecule has 2 aromatic rings. The molecule has 0 amide bonds. The first-order valence-corrected chi connectivity index (χ1v) is 5.98. The van der Waals surface area contributed by atoms with Gasteiger partial charge in [-0.3, -0.25) is 0 Å². The lowest BCUT2D eigenvalue weighted by molar-refractivity contribution is 0.290. The van der Waals surface area contributed by atoms with E-state index in [9.17, 15) is 4.39 Å². The molecule has 90 valence electrons. The van der Waals surface area contributed by atoms with Crippen molar-refractivity contribution in [2.75, 3.05) is 0 Å². The van der Waals surface area contributed by atoms with Crippen LogP contribution in [0.5, 0.6) is 5.75 Å². The van der Waals surface area contributed by atoms with Gasteiger partial charge in [-0.1, -0.05) is 27.5 Å². The van der Waals surface area contributed by atoms with Crippen LogP contribution >= 0.6 is 27.5 Å². The van der Waals surface area contributed by atoms with Crippen LogP contribution in [-0.2, 0) is 13.7 Å². The van der Waals surface area contributed by atoms with Crippen molar-refractivity contribution in [2.24, 2.45) is 7.05 Å². The summed E-state index contributed by atoms with van der Waals surface area (Å²) in [6.45, 7) is 0.235. The molecule has 3 nitrogen and oxygen atoms in total. The Hall–Kier alpha value is -1.07. The Balaban J connectivity index is 2.09. The van der Waals surface area contributed by atoms with Crippen LogP contribution in [0.25, 0.3) is 0 Å². The molecule has 0 N–H and O–H groups in total. The molecule has 2 rings (SSSR count). The minimum absolute atomic E-state index is 0.235. The number of hydrogen-bond acceptors (Lipinski definition) is 2. The van der Waals surface area contributed by atoms with Crippen molar-refractivity contribution >= 4 is 27.5 Å². The van der Waals surface area contributed by atoms with Crippen LogP contribution in [0.2, 0.25) is 5.15 Å². The Kier molecular flexibility index (Phi) is 3.69. The molecule has 0 bridgehead atoms. The second kappa shape index (κ2) is 5.06. The van der Waals surface area contributed by atoms with Gasteiger partial charge in [-0.2, -0.15) is 0 Å². The second-order valence-electron chi connectivity index (χ2n) is 3.45. The molecule has 1 heterocycles. The van der Waals surface area contributed by atoms with Gasteiger partial charge in [-0.05, 0) is 12.1 Å². The van der Waals surface area contributed by atoms with Gasteiger partial charge < -0.3 is 9.30 Å². The van der Waals surface area contributed by atoms with Crippen molar-refractivity contribution in [2.45, 2.75) is 6.61 Å². The van der Waals surface area contributed by atoms with Crippen LogP contribution in [0.4, 0.5) is 4.39 Å². The van der Waals surface area contributed by atoms with Crippen molar-refractivity contribution in [1.82, 2.24) is 9.55 Å². The van der Waals surface area contributed by atoms with Crippen molar-refractivity contribution in [1.29, 1.82) is 0 Å². The SMILES string of the molecule is Cn1c(Cl)cnc1COc1cc(F)cc(Br)c1. The number of rotatable bonds is 3. The third-order valence-electron chi connectivity index (χ3n) is 2.23. The predicted molar refractivity (Wildman–Crippen MR) is 66.7 cm³/mol. The fraction of sp³-hybridized carbons (Fsp3) is 0.182. The van der Waals surface area contributed by atoms with Crippen molar-refractivity contribution in [3.05, 3.63) is 45.7 Å². The summed E-state index contributed by atoms with van der Waals surface area (Å²) in [6, 6.07) is 4.37. The molecule has 0 unspecified atom stereocenters. The summed E-state index contributed by atoms with van der Waals surface area (Å²) >= 11 is 9.03. The summed E-state index contributed by atoms with van der Waals surface area (Å²) < 4.78 is 20.9. The predicted octanol–water partition coefficient (Wildman–Crippen LogP) is 3.55. The van der Waals surface area contributed by atoms with E-state index in [0.717, 1.165) is 0 Å². The lowest BCUT2D eigenvalue weighted by atomic mass is 10.3. The summed E-state index contributed by atoms with van der Waals surface area (Å²) in [5.41, 5.74) is 0. The van der Waals surface area contributed by atoms with E-state index in [1.807, 2.05) is 0 Å². The van der Waals surface area contributed by atoms with Gasteiger partial charge >= 0.3 is 0 Å². The third-order valence-corrected chi connectivity index (χ3v) is 3.04. The number of hydrogen-bond donors (Lipinski definition) is 0. The van der Waals surface area contributed by atoms with Crippen molar-refractivity contribution in [3.8, 4) is 5.75 Å². The van der Waals surface area contributed by atoms with Gasteiger partial charge in [0.2, 0.25) is 0 Å². The summed E-state index contributed by atoms with van der Waals surface area (Å²) in [5, 5.41) is 0.532. The van der Waals surface area contributed by atoms with Crippen LogP contribution in [-0.4, -0.2) is 9.55 Å². The third kappa shape index (κ3) is 2.98. The summed E-state index contributed by atoms with van der Waals surface area (Å²) in [4.78, 5) is 4.08. The first-order chi connectivity index (χ1) is 8.06. The zero-order valence-corrected chi connectivity index (χ0v) is 11.3. The van der Waals surface area contributed by atoms with E-state index in [4.69, 9.17) is 16.3 Å². The summed E-state index contributed by atoms with van der Waals surface area (Å²) in [5.74, 6) is 0.763. The molecule has 0 fully saturated rings. The molecule has 0 radical (unpaired) electrons. The number of aromatic nitrogens is 2. The number of ether oxygens (including phenoxy) is 1. The zero-order valence-electron chi connectivity index (χ0n) is 8.95. The Morgan fingerprint density at radius 3 is 2.82 bits per heavy atom. The molecule has 0 saturated heterocycles. The normalized spacial score (nSPS) is 10.6. The average molecular weight is 320 g/mol. The molecule has 0 atom stereocenters.